The third-order valence-corrected chi connectivity index (χ3v) is 2.19. The third kappa shape index (κ3) is 8.38. The Bertz CT molecular complexity index is 346. The average molecular weight is 318 g/mol. The summed E-state index contributed by atoms with van der Waals surface area (Å²) in [5, 5.41) is 16.4. The molecule has 0 aliphatic heterocycles. The molecule has 0 aromatic carbocycles. The van der Waals surface area contributed by atoms with Crippen molar-refractivity contribution in [1.29, 1.82) is 10.5 Å². The zero-order valence-electron chi connectivity index (χ0n) is 10.7. The van der Waals surface area contributed by atoms with Crippen molar-refractivity contribution >= 4 is 0 Å². The molecule has 21 heavy (non-hydrogen) atoms. The van der Waals surface area contributed by atoms with Crippen LogP contribution in [0.2, 0.25) is 0 Å². The molecular formula is C11H12F6N2O2. The van der Waals surface area contributed by atoms with Crippen LogP contribution in [0, 0.1) is 22.7 Å². The highest BCUT2D eigenvalue weighted by Crippen LogP contribution is 2.23. The summed E-state index contributed by atoms with van der Waals surface area (Å²) < 4.78 is 81.1. The Kier molecular flexibility index (Phi) is 8.07. The Morgan fingerprint density at radius 3 is 1.29 bits per heavy atom. The van der Waals surface area contributed by atoms with Crippen molar-refractivity contribution < 1.29 is 35.8 Å². The Balaban J connectivity index is 3.76. The minimum absolute atomic E-state index is 0.126. The first-order chi connectivity index (χ1) is 9.62. The fourth-order valence-corrected chi connectivity index (χ4v) is 1.19. The molecule has 0 aliphatic rings. The maximum Gasteiger partial charge on any atom is 0.428 e. The first-order valence-electron chi connectivity index (χ1n) is 5.78. The number of hydrogen-bond donors (Lipinski definition) is 0. The van der Waals surface area contributed by atoms with Gasteiger partial charge in [-0.15, -0.1) is 0 Å². The van der Waals surface area contributed by atoms with Gasteiger partial charge in [0, 0.05) is 13.2 Å². The fraction of sp³-hybridized carbons (Fsp3) is 0.818. The molecule has 0 aromatic heterocycles. The third-order valence-electron chi connectivity index (χ3n) is 2.19. The van der Waals surface area contributed by atoms with Crippen LogP contribution in [0.5, 0.6) is 0 Å². The maximum atomic E-state index is 12.1. The van der Waals surface area contributed by atoms with E-state index in [1.807, 2.05) is 0 Å². The van der Waals surface area contributed by atoms with Gasteiger partial charge in [0.2, 0.25) is 12.2 Å². The minimum atomic E-state index is -4.77. The van der Waals surface area contributed by atoms with Crippen LogP contribution in [0.15, 0.2) is 0 Å². The summed E-state index contributed by atoms with van der Waals surface area (Å²) in [6, 6.07) is 1.90. The van der Waals surface area contributed by atoms with Crippen LogP contribution in [0.4, 0.5) is 26.3 Å². The van der Waals surface area contributed by atoms with Crippen LogP contribution in [0.3, 0.4) is 0 Å². The normalized spacial score (nSPS) is 15.0. The molecule has 0 saturated carbocycles. The molecule has 0 heterocycles. The molecular weight excluding hydrogens is 306 g/mol. The zero-order valence-corrected chi connectivity index (χ0v) is 10.7. The van der Waals surface area contributed by atoms with Gasteiger partial charge >= 0.3 is 12.4 Å². The van der Waals surface area contributed by atoms with E-state index in [1.54, 1.807) is 0 Å². The number of hydrogen-bond acceptors (Lipinski definition) is 4. The molecule has 0 rings (SSSR count). The van der Waals surface area contributed by atoms with E-state index in [2.05, 4.69) is 9.47 Å². The Hall–Kier alpha value is -1.52. The molecule has 10 heteroatoms. The van der Waals surface area contributed by atoms with Gasteiger partial charge < -0.3 is 9.47 Å². The van der Waals surface area contributed by atoms with Gasteiger partial charge in [0.25, 0.3) is 0 Å². The van der Waals surface area contributed by atoms with E-state index >= 15 is 0 Å². The lowest BCUT2D eigenvalue weighted by Crippen LogP contribution is -2.30. The molecule has 0 saturated heterocycles. The Labute approximate surface area is 116 Å². The van der Waals surface area contributed by atoms with E-state index in [0.717, 1.165) is 12.1 Å². The fourth-order valence-electron chi connectivity index (χ4n) is 1.19. The minimum Gasteiger partial charge on any atom is -0.355 e. The van der Waals surface area contributed by atoms with E-state index in [1.165, 1.54) is 0 Å². The smallest absolute Gasteiger partial charge is 0.355 e. The summed E-state index contributed by atoms with van der Waals surface area (Å²) >= 11 is 0. The van der Waals surface area contributed by atoms with E-state index in [4.69, 9.17) is 10.5 Å². The average Bonchev–Trinajstić information content (AvgIpc) is 2.34. The molecule has 0 amide bonds. The lowest BCUT2D eigenvalue weighted by atomic mass is 10.2. The topological polar surface area (TPSA) is 66.0 Å². The summed E-state index contributed by atoms with van der Waals surface area (Å²) in [5.74, 6) is 0. The van der Waals surface area contributed by atoms with Crippen LogP contribution in [-0.4, -0.2) is 37.8 Å². The largest absolute Gasteiger partial charge is 0.428 e. The molecule has 2 unspecified atom stereocenters. The van der Waals surface area contributed by atoms with Crippen molar-refractivity contribution in [3.8, 4) is 12.1 Å². The molecule has 0 aromatic rings. The van der Waals surface area contributed by atoms with Gasteiger partial charge in [-0.05, 0) is 19.3 Å². The summed E-state index contributed by atoms with van der Waals surface area (Å²) in [5.41, 5.74) is 0. The summed E-state index contributed by atoms with van der Waals surface area (Å²) in [7, 11) is 0. The zero-order chi connectivity index (χ0) is 16.5. The highest BCUT2D eigenvalue weighted by atomic mass is 19.4. The van der Waals surface area contributed by atoms with Crippen molar-refractivity contribution in [1.82, 2.24) is 0 Å². The van der Waals surface area contributed by atoms with E-state index in [0.29, 0.717) is 0 Å². The number of rotatable bonds is 8. The molecule has 0 N–H and O–H groups in total. The second-order valence-corrected chi connectivity index (χ2v) is 3.90. The second-order valence-electron chi connectivity index (χ2n) is 3.90. The summed E-state index contributed by atoms with van der Waals surface area (Å²) in [6.07, 6.45) is -14.1. The predicted octanol–water partition coefficient (Wildman–Crippen LogP) is 3.10. The monoisotopic (exact) mass is 318 g/mol. The second kappa shape index (κ2) is 8.70. The number of unbranched alkanes of at least 4 members (excludes halogenated alkanes) is 2. The van der Waals surface area contributed by atoms with Crippen molar-refractivity contribution in [2.24, 2.45) is 0 Å². The quantitative estimate of drug-likeness (QED) is 0.509. The molecule has 4 nitrogen and oxygen atoms in total. The van der Waals surface area contributed by atoms with E-state index in [9.17, 15) is 26.3 Å². The summed E-state index contributed by atoms with van der Waals surface area (Å²) in [4.78, 5) is 0. The highest BCUT2D eigenvalue weighted by Gasteiger charge is 2.41. The standard InChI is InChI=1S/C11H12F6N2O2/c12-10(13,14)8(6-18)20-4-2-1-3-5-21-9(7-19)11(15,16)17/h8-9H,1-5H2. The SMILES string of the molecule is N#CC(OCCCCCOC(C#N)C(F)(F)F)C(F)(F)F. The number of nitrogens with zero attached hydrogens (tertiary/aromatic N) is 2. The van der Waals surface area contributed by atoms with Gasteiger partial charge in [-0.3, -0.25) is 0 Å². The van der Waals surface area contributed by atoms with Crippen LogP contribution in [-0.2, 0) is 9.47 Å². The molecule has 0 radical (unpaired) electrons. The first-order valence-corrected chi connectivity index (χ1v) is 5.78. The van der Waals surface area contributed by atoms with Gasteiger partial charge in [0.05, 0.1) is 0 Å². The van der Waals surface area contributed by atoms with Gasteiger partial charge in [-0.2, -0.15) is 36.9 Å². The van der Waals surface area contributed by atoms with Crippen molar-refractivity contribution in [2.45, 2.75) is 43.8 Å². The predicted molar refractivity (Wildman–Crippen MR) is 56.7 cm³/mol. The number of alkyl halides is 6. The number of halogens is 6. The number of ether oxygens (including phenoxy) is 2. The molecule has 0 spiro atoms. The number of nitriles is 2. The van der Waals surface area contributed by atoms with Crippen LogP contribution in [0.25, 0.3) is 0 Å². The molecule has 2 atom stereocenters. The van der Waals surface area contributed by atoms with Crippen LogP contribution in [0.1, 0.15) is 19.3 Å². The van der Waals surface area contributed by atoms with Gasteiger partial charge in [-0.25, -0.2) is 0 Å². The van der Waals surface area contributed by atoms with Gasteiger partial charge in [0.1, 0.15) is 12.1 Å². The lowest BCUT2D eigenvalue weighted by molar-refractivity contribution is -0.202. The molecule has 120 valence electrons. The molecule has 0 aliphatic carbocycles. The maximum absolute atomic E-state index is 12.1. The van der Waals surface area contributed by atoms with Crippen molar-refractivity contribution in [2.75, 3.05) is 13.2 Å². The van der Waals surface area contributed by atoms with Crippen molar-refractivity contribution in [3.63, 3.8) is 0 Å². The highest BCUT2D eigenvalue weighted by molar-refractivity contribution is 4.90. The molecule has 0 bridgehead atoms. The summed E-state index contributed by atoms with van der Waals surface area (Å²) in [6.45, 7) is -0.697. The van der Waals surface area contributed by atoms with Crippen LogP contribution >= 0.6 is 0 Å². The van der Waals surface area contributed by atoms with E-state index < -0.39 is 24.6 Å². The molecule has 0 fully saturated rings. The Morgan fingerprint density at radius 1 is 0.714 bits per heavy atom. The van der Waals surface area contributed by atoms with Gasteiger partial charge in [-0.1, -0.05) is 0 Å². The van der Waals surface area contributed by atoms with Gasteiger partial charge in [0.15, 0.2) is 0 Å². The Morgan fingerprint density at radius 2 is 1.05 bits per heavy atom. The van der Waals surface area contributed by atoms with E-state index in [-0.39, 0.29) is 32.5 Å². The lowest BCUT2D eigenvalue weighted by Gasteiger charge is -2.14. The van der Waals surface area contributed by atoms with Crippen molar-refractivity contribution in [3.05, 3.63) is 0 Å². The van der Waals surface area contributed by atoms with Crippen LogP contribution < -0.4 is 0 Å². The first kappa shape index (κ1) is 19.5.